The molecule has 0 radical (unpaired) electrons. The summed E-state index contributed by atoms with van der Waals surface area (Å²) in [4.78, 5) is 58.8. The summed E-state index contributed by atoms with van der Waals surface area (Å²) in [5.41, 5.74) is 10.2. The number of carbonyl (C=O) groups excluding carboxylic acids is 3. The molecule has 244 valence electrons. The van der Waals surface area contributed by atoms with Crippen molar-refractivity contribution in [2.45, 2.75) is 56.5 Å². The standard InChI is InChI=1S/C35H38N6O6/c1-20(42)31(41-32(43)26(36)16-22-18-37-27-13-7-5-11-24(22)27)34(45)39-29(15-21-9-3-2-4-10-21)33(44)40-30(35(46)47)17-23-19-38-28-14-8-6-12-25(23)28/h2-14,18-20,26,29-31,37-38,42H,15-17,36H2,1H3,(H,39,45)(H,40,44)(H,41,43)(H,46,47). The Morgan fingerprint density at radius 3 is 1.79 bits per heavy atom. The number of rotatable bonds is 14. The summed E-state index contributed by atoms with van der Waals surface area (Å²) in [6.07, 6.45) is 2.33. The van der Waals surface area contributed by atoms with Crippen LogP contribution in [0.5, 0.6) is 0 Å². The lowest BCUT2D eigenvalue weighted by molar-refractivity contribution is -0.142. The van der Waals surface area contributed by atoms with Crippen molar-refractivity contribution in [3.8, 4) is 0 Å². The summed E-state index contributed by atoms with van der Waals surface area (Å²) >= 11 is 0. The zero-order chi connectivity index (χ0) is 33.5. The second kappa shape index (κ2) is 14.8. The highest BCUT2D eigenvalue weighted by molar-refractivity contribution is 5.95. The van der Waals surface area contributed by atoms with Gasteiger partial charge >= 0.3 is 5.97 Å². The fourth-order valence-corrected chi connectivity index (χ4v) is 5.61. The lowest BCUT2D eigenvalue weighted by atomic mass is 10.0. The molecule has 2 aromatic heterocycles. The summed E-state index contributed by atoms with van der Waals surface area (Å²) in [7, 11) is 0. The van der Waals surface area contributed by atoms with E-state index < -0.39 is 54.0 Å². The monoisotopic (exact) mass is 638 g/mol. The second-order valence-corrected chi connectivity index (χ2v) is 11.6. The van der Waals surface area contributed by atoms with Gasteiger partial charge in [0.1, 0.15) is 18.1 Å². The first-order valence-electron chi connectivity index (χ1n) is 15.3. The van der Waals surface area contributed by atoms with Gasteiger partial charge in [-0.3, -0.25) is 14.4 Å². The first-order valence-corrected chi connectivity index (χ1v) is 15.3. The maximum atomic E-state index is 13.6. The fraction of sp³-hybridized carbons (Fsp3) is 0.257. The molecule has 3 aromatic carbocycles. The number of hydrogen-bond donors (Lipinski definition) is 8. The second-order valence-electron chi connectivity index (χ2n) is 11.6. The van der Waals surface area contributed by atoms with Gasteiger partial charge in [-0.15, -0.1) is 0 Å². The number of hydrogen-bond acceptors (Lipinski definition) is 6. The van der Waals surface area contributed by atoms with Crippen molar-refractivity contribution in [1.29, 1.82) is 0 Å². The van der Waals surface area contributed by atoms with E-state index in [2.05, 4.69) is 25.9 Å². The Morgan fingerprint density at radius 1 is 0.681 bits per heavy atom. The molecular weight excluding hydrogens is 600 g/mol. The minimum Gasteiger partial charge on any atom is -0.480 e. The average Bonchev–Trinajstić information content (AvgIpc) is 3.67. The number of nitrogens with two attached hydrogens (primary N) is 1. The summed E-state index contributed by atoms with van der Waals surface area (Å²) in [6, 6.07) is 18.9. The van der Waals surface area contributed by atoms with Crippen molar-refractivity contribution in [3.63, 3.8) is 0 Å². The Bertz CT molecular complexity index is 1870. The summed E-state index contributed by atoms with van der Waals surface area (Å²) < 4.78 is 0. The Balaban J connectivity index is 1.29. The molecule has 12 nitrogen and oxygen atoms in total. The number of carboxylic acid groups (broad SMARTS) is 1. The van der Waals surface area contributed by atoms with Crippen LogP contribution in [0.4, 0.5) is 0 Å². The van der Waals surface area contributed by atoms with Crippen molar-refractivity contribution in [2.24, 2.45) is 5.73 Å². The van der Waals surface area contributed by atoms with Gasteiger partial charge in [0.05, 0.1) is 12.1 Å². The molecule has 5 unspecified atom stereocenters. The van der Waals surface area contributed by atoms with Gasteiger partial charge in [0, 0.05) is 47.0 Å². The quantitative estimate of drug-likeness (QED) is 0.0907. The molecule has 0 saturated carbocycles. The number of aromatic amines is 2. The number of aliphatic hydroxyl groups excluding tert-OH is 1. The Kier molecular flexibility index (Phi) is 10.3. The molecule has 5 rings (SSSR count). The first-order chi connectivity index (χ1) is 22.6. The first kappa shape index (κ1) is 32.9. The molecular formula is C35H38N6O6. The molecule has 5 aromatic rings. The van der Waals surface area contributed by atoms with Crippen molar-refractivity contribution in [1.82, 2.24) is 25.9 Å². The molecule has 12 heteroatoms. The number of carbonyl (C=O) groups is 4. The van der Waals surface area contributed by atoms with E-state index in [1.165, 1.54) is 6.92 Å². The zero-order valence-electron chi connectivity index (χ0n) is 25.8. The number of aromatic nitrogens is 2. The third-order valence-corrected chi connectivity index (χ3v) is 8.14. The van der Waals surface area contributed by atoms with Crippen molar-refractivity contribution in [2.75, 3.05) is 0 Å². The maximum Gasteiger partial charge on any atom is 0.326 e. The van der Waals surface area contributed by atoms with Gasteiger partial charge in [0.2, 0.25) is 17.7 Å². The van der Waals surface area contributed by atoms with Gasteiger partial charge < -0.3 is 41.9 Å². The van der Waals surface area contributed by atoms with Gasteiger partial charge in [0.15, 0.2) is 0 Å². The predicted octanol–water partition coefficient (Wildman–Crippen LogP) is 1.92. The Morgan fingerprint density at radius 2 is 1.21 bits per heavy atom. The highest BCUT2D eigenvalue weighted by atomic mass is 16.4. The topological polar surface area (TPSA) is 202 Å². The van der Waals surface area contributed by atoms with Crippen LogP contribution in [0.15, 0.2) is 91.3 Å². The molecule has 5 atom stereocenters. The number of para-hydroxylation sites is 2. The Hall–Kier alpha value is -5.46. The molecule has 0 bridgehead atoms. The number of aliphatic carboxylic acids is 1. The van der Waals surface area contributed by atoms with Gasteiger partial charge in [0.25, 0.3) is 0 Å². The summed E-state index contributed by atoms with van der Waals surface area (Å²) in [5.74, 6) is -3.47. The SMILES string of the molecule is CC(O)C(NC(=O)C(N)Cc1c[nH]c2ccccc12)C(=O)NC(Cc1ccccc1)C(=O)NC(Cc1c[nH]c2ccccc12)C(=O)O. The predicted molar refractivity (Wildman–Crippen MR) is 177 cm³/mol. The van der Waals surface area contributed by atoms with Crippen LogP contribution in [0.1, 0.15) is 23.6 Å². The molecule has 0 spiro atoms. The number of aliphatic hydroxyl groups is 1. The lowest BCUT2D eigenvalue weighted by Crippen LogP contribution is -2.60. The van der Waals surface area contributed by atoms with Crippen LogP contribution in [0.2, 0.25) is 0 Å². The van der Waals surface area contributed by atoms with Crippen LogP contribution >= 0.6 is 0 Å². The number of fused-ring (bicyclic) bond motifs is 2. The molecule has 0 saturated heterocycles. The van der Waals surface area contributed by atoms with E-state index in [1.54, 1.807) is 42.7 Å². The van der Waals surface area contributed by atoms with Crippen LogP contribution in [0, 0.1) is 0 Å². The van der Waals surface area contributed by atoms with E-state index in [4.69, 9.17) is 5.73 Å². The molecule has 3 amide bonds. The number of amides is 3. The normalized spacial score (nSPS) is 14.5. The van der Waals surface area contributed by atoms with Crippen LogP contribution < -0.4 is 21.7 Å². The number of nitrogens with one attached hydrogen (secondary N) is 5. The summed E-state index contributed by atoms with van der Waals surface area (Å²) in [5, 5.41) is 30.0. The average molecular weight is 639 g/mol. The van der Waals surface area contributed by atoms with Gasteiger partial charge in [-0.25, -0.2) is 4.79 Å². The van der Waals surface area contributed by atoms with E-state index in [0.29, 0.717) is 11.1 Å². The minimum absolute atomic E-state index is 0.00222. The summed E-state index contributed by atoms with van der Waals surface area (Å²) in [6.45, 7) is 1.34. The number of benzene rings is 3. The third kappa shape index (κ3) is 8.04. The van der Waals surface area contributed by atoms with Gasteiger partial charge in [-0.1, -0.05) is 66.7 Å². The molecule has 0 aliphatic heterocycles. The van der Waals surface area contributed by atoms with E-state index in [0.717, 1.165) is 27.4 Å². The van der Waals surface area contributed by atoms with E-state index in [9.17, 15) is 29.4 Å². The zero-order valence-corrected chi connectivity index (χ0v) is 25.8. The third-order valence-electron chi connectivity index (χ3n) is 8.14. The molecule has 0 aliphatic rings. The van der Waals surface area contributed by atoms with E-state index >= 15 is 0 Å². The van der Waals surface area contributed by atoms with Gasteiger partial charge in [-0.05, 0) is 42.2 Å². The smallest absolute Gasteiger partial charge is 0.326 e. The highest BCUT2D eigenvalue weighted by Crippen LogP contribution is 2.20. The lowest BCUT2D eigenvalue weighted by Gasteiger charge is -2.26. The van der Waals surface area contributed by atoms with E-state index in [1.807, 2.05) is 48.5 Å². The fourth-order valence-electron chi connectivity index (χ4n) is 5.61. The molecule has 47 heavy (non-hydrogen) atoms. The minimum atomic E-state index is -1.44. The largest absolute Gasteiger partial charge is 0.480 e. The van der Waals surface area contributed by atoms with Crippen LogP contribution in [0.25, 0.3) is 21.8 Å². The molecule has 9 N–H and O–H groups in total. The number of carboxylic acids is 1. The van der Waals surface area contributed by atoms with E-state index in [-0.39, 0.29) is 19.3 Å². The van der Waals surface area contributed by atoms with Crippen molar-refractivity contribution in [3.05, 3.63) is 108 Å². The number of H-pyrrole nitrogens is 2. The molecule has 2 heterocycles. The van der Waals surface area contributed by atoms with Gasteiger partial charge in [-0.2, -0.15) is 0 Å². The Labute approximate surface area is 270 Å². The van der Waals surface area contributed by atoms with Crippen molar-refractivity contribution >= 4 is 45.5 Å². The maximum absolute atomic E-state index is 13.6. The van der Waals surface area contributed by atoms with Crippen LogP contribution in [-0.2, 0) is 38.4 Å². The van der Waals surface area contributed by atoms with Crippen molar-refractivity contribution < 1.29 is 29.4 Å². The van der Waals surface area contributed by atoms with Crippen LogP contribution in [-0.4, -0.2) is 74.1 Å². The highest BCUT2D eigenvalue weighted by Gasteiger charge is 2.33. The molecule has 0 fully saturated rings. The van der Waals surface area contributed by atoms with Crippen LogP contribution in [0.3, 0.4) is 0 Å². The molecule has 0 aliphatic carbocycles.